The summed E-state index contributed by atoms with van der Waals surface area (Å²) in [5.74, 6) is -0.761. The van der Waals surface area contributed by atoms with Crippen molar-refractivity contribution in [2.24, 2.45) is 17.3 Å². The number of amides is 1. The van der Waals surface area contributed by atoms with Crippen LogP contribution in [0.5, 0.6) is 0 Å². The van der Waals surface area contributed by atoms with E-state index in [1.165, 1.54) is 0 Å². The quantitative estimate of drug-likeness (QED) is 0.774. The predicted molar refractivity (Wildman–Crippen MR) is 65.5 cm³/mol. The molecule has 0 radical (unpaired) electrons. The van der Waals surface area contributed by atoms with Crippen molar-refractivity contribution in [1.82, 2.24) is 5.32 Å². The Morgan fingerprint density at radius 1 is 1.47 bits per heavy atom. The lowest BCUT2D eigenvalue weighted by molar-refractivity contribution is -0.139. The average Bonchev–Trinajstić information content (AvgIpc) is 2.73. The second-order valence-electron chi connectivity index (χ2n) is 6.38. The first-order valence-corrected chi connectivity index (χ1v) is 6.12. The molecule has 0 heterocycles. The van der Waals surface area contributed by atoms with Gasteiger partial charge in [0.2, 0.25) is 5.91 Å². The van der Waals surface area contributed by atoms with Crippen molar-refractivity contribution in [2.75, 3.05) is 0 Å². The summed E-state index contributed by atoms with van der Waals surface area (Å²) >= 11 is 0. The summed E-state index contributed by atoms with van der Waals surface area (Å²) in [5.41, 5.74) is -0.590. The van der Waals surface area contributed by atoms with Crippen molar-refractivity contribution in [2.45, 2.75) is 53.0 Å². The third kappa shape index (κ3) is 3.20. The molecule has 1 fully saturated rings. The third-order valence-electron chi connectivity index (χ3n) is 4.03. The van der Waals surface area contributed by atoms with Gasteiger partial charge in [0.15, 0.2) is 0 Å². The number of rotatable bonds is 5. The first-order valence-electron chi connectivity index (χ1n) is 6.12. The van der Waals surface area contributed by atoms with E-state index in [9.17, 15) is 9.59 Å². The van der Waals surface area contributed by atoms with E-state index in [-0.39, 0.29) is 29.6 Å². The topological polar surface area (TPSA) is 66.4 Å². The van der Waals surface area contributed by atoms with Gasteiger partial charge in [-0.1, -0.05) is 27.7 Å². The molecule has 0 spiro atoms. The van der Waals surface area contributed by atoms with Crippen LogP contribution in [0, 0.1) is 17.3 Å². The first-order chi connectivity index (χ1) is 7.58. The van der Waals surface area contributed by atoms with Gasteiger partial charge >= 0.3 is 5.97 Å². The highest BCUT2D eigenvalue weighted by Crippen LogP contribution is 2.51. The Balaban J connectivity index is 2.68. The molecule has 0 bridgehead atoms. The lowest BCUT2D eigenvalue weighted by Crippen LogP contribution is -2.52. The molecule has 2 atom stereocenters. The van der Waals surface area contributed by atoms with Crippen LogP contribution in [0.2, 0.25) is 0 Å². The van der Waals surface area contributed by atoms with Crippen LogP contribution in [0.4, 0.5) is 0 Å². The second-order valence-corrected chi connectivity index (χ2v) is 6.38. The highest BCUT2D eigenvalue weighted by Gasteiger charge is 2.51. The van der Waals surface area contributed by atoms with Crippen LogP contribution in [0.1, 0.15) is 47.5 Å². The van der Waals surface area contributed by atoms with Gasteiger partial charge in [-0.3, -0.25) is 9.59 Å². The number of nitrogens with one attached hydrogen (secondary N) is 1. The zero-order chi connectivity index (χ0) is 13.4. The van der Waals surface area contributed by atoms with E-state index >= 15 is 0 Å². The monoisotopic (exact) mass is 241 g/mol. The van der Waals surface area contributed by atoms with Crippen molar-refractivity contribution < 1.29 is 14.7 Å². The third-order valence-corrected chi connectivity index (χ3v) is 4.03. The van der Waals surface area contributed by atoms with Crippen LogP contribution < -0.4 is 5.32 Å². The summed E-state index contributed by atoms with van der Waals surface area (Å²) in [7, 11) is 0. The van der Waals surface area contributed by atoms with Crippen LogP contribution >= 0.6 is 0 Å². The van der Waals surface area contributed by atoms with Crippen molar-refractivity contribution >= 4 is 11.9 Å². The number of carbonyl (C=O) groups is 2. The number of carbonyl (C=O) groups excluding carboxylic acids is 1. The zero-order valence-corrected chi connectivity index (χ0v) is 11.3. The maximum atomic E-state index is 12.0. The lowest BCUT2D eigenvalue weighted by Gasteiger charge is -2.33. The van der Waals surface area contributed by atoms with E-state index in [0.29, 0.717) is 0 Å². The van der Waals surface area contributed by atoms with Crippen LogP contribution in [0.25, 0.3) is 0 Å². The number of hydrogen-bond acceptors (Lipinski definition) is 2. The molecule has 0 saturated heterocycles. The SMILES string of the molecule is CC(C)C(C)(CC(=O)O)NC(=O)C1CC1(C)C. The Morgan fingerprint density at radius 3 is 2.24 bits per heavy atom. The lowest BCUT2D eigenvalue weighted by atomic mass is 9.85. The highest BCUT2D eigenvalue weighted by atomic mass is 16.4. The second kappa shape index (κ2) is 4.31. The molecule has 98 valence electrons. The van der Waals surface area contributed by atoms with Crippen LogP contribution in [-0.2, 0) is 9.59 Å². The van der Waals surface area contributed by atoms with Gasteiger partial charge in [-0.05, 0) is 24.7 Å². The van der Waals surface area contributed by atoms with Crippen molar-refractivity contribution in [3.8, 4) is 0 Å². The molecule has 1 aliphatic carbocycles. The van der Waals surface area contributed by atoms with Crippen LogP contribution in [0.15, 0.2) is 0 Å². The molecule has 2 N–H and O–H groups in total. The molecule has 4 heteroatoms. The van der Waals surface area contributed by atoms with E-state index < -0.39 is 11.5 Å². The minimum atomic E-state index is -0.878. The summed E-state index contributed by atoms with van der Waals surface area (Å²) in [4.78, 5) is 22.9. The smallest absolute Gasteiger partial charge is 0.305 e. The van der Waals surface area contributed by atoms with Gasteiger partial charge in [0.05, 0.1) is 6.42 Å². The summed E-state index contributed by atoms with van der Waals surface area (Å²) in [6, 6.07) is 0. The highest BCUT2D eigenvalue weighted by molar-refractivity contribution is 5.83. The Kier molecular flexibility index (Phi) is 3.55. The summed E-state index contributed by atoms with van der Waals surface area (Å²) < 4.78 is 0. The van der Waals surface area contributed by atoms with Gasteiger partial charge in [-0.2, -0.15) is 0 Å². The Hall–Kier alpha value is -1.06. The number of carboxylic acid groups (broad SMARTS) is 1. The molecule has 0 aliphatic heterocycles. The molecule has 1 saturated carbocycles. The normalized spacial score (nSPS) is 25.2. The Labute approximate surface area is 103 Å². The van der Waals surface area contributed by atoms with Crippen molar-refractivity contribution in [3.05, 3.63) is 0 Å². The molecular weight excluding hydrogens is 218 g/mol. The molecule has 0 aromatic rings. The van der Waals surface area contributed by atoms with Crippen LogP contribution in [0.3, 0.4) is 0 Å². The average molecular weight is 241 g/mol. The number of carboxylic acids is 1. The molecule has 0 aromatic heterocycles. The fraction of sp³-hybridized carbons (Fsp3) is 0.846. The van der Waals surface area contributed by atoms with E-state index in [1.807, 2.05) is 13.8 Å². The molecule has 2 unspecified atom stereocenters. The molecule has 1 rings (SSSR count). The Morgan fingerprint density at radius 2 is 1.94 bits per heavy atom. The number of hydrogen-bond donors (Lipinski definition) is 2. The predicted octanol–water partition coefficient (Wildman–Crippen LogP) is 2.04. The number of aliphatic carboxylic acids is 1. The fourth-order valence-corrected chi connectivity index (χ4v) is 1.99. The van der Waals surface area contributed by atoms with Gasteiger partial charge in [0.25, 0.3) is 0 Å². The fourth-order valence-electron chi connectivity index (χ4n) is 1.99. The minimum Gasteiger partial charge on any atom is -0.481 e. The minimum absolute atomic E-state index is 0.00699. The summed E-state index contributed by atoms with van der Waals surface area (Å²) in [6.07, 6.45) is 0.851. The van der Waals surface area contributed by atoms with Gasteiger partial charge < -0.3 is 10.4 Å². The van der Waals surface area contributed by atoms with E-state index in [0.717, 1.165) is 6.42 Å². The first kappa shape index (κ1) is 14.0. The molecule has 0 aromatic carbocycles. The molecule has 1 amide bonds. The van der Waals surface area contributed by atoms with Gasteiger partial charge in [-0.25, -0.2) is 0 Å². The van der Waals surface area contributed by atoms with Crippen LogP contribution in [-0.4, -0.2) is 22.5 Å². The standard InChI is InChI=1S/C13H23NO3/c1-8(2)13(5,7-10(15)16)14-11(17)9-6-12(9,3)4/h8-9H,6-7H2,1-5H3,(H,14,17)(H,15,16). The van der Waals surface area contributed by atoms with Crippen molar-refractivity contribution in [3.63, 3.8) is 0 Å². The maximum Gasteiger partial charge on any atom is 0.305 e. The largest absolute Gasteiger partial charge is 0.481 e. The molecular formula is C13H23NO3. The van der Waals surface area contributed by atoms with E-state index in [2.05, 4.69) is 19.2 Å². The van der Waals surface area contributed by atoms with Gasteiger partial charge in [-0.15, -0.1) is 0 Å². The zero-order valence-electron chi connectivity index (χ0n) is 11.3. The Bertz CT molecular complexity index is 336. The van der Waals surface area contributed by atoms with E-state index in [4.69, 9.17) is 5.11 Å². The summed E-state index contributed by atoms with van der Waals surface area (Å²) in [6.45, 7) is 9.78. The van der Waals surface area contributed by atoms with Gasteiger partial charge in [0, 0.05) is 11.5 Å². The summed E-state index contributed by atoms with van der Waals surface area (Å²) in [5, 5.41) is 11.8. The van der Waals surface area contributed by atoms with Gasteiger partial charge in [0.1, 0.15) is 0 Å². The van der Waals surface area contributed by atoms with E-state index in [1.54, 1.807) is 6.92 Å². The van der Waals surface area contributed by atoms with Crippen molar-refractivity contribution in [1.29, 1.82) is 0 Å². The maximum absolute atomic E-state index is 12.0. The molecule has 1 aliphatic rings. The molecule has 17 heavy (non-hydrogen) atoms. The molecule has 4 nitrogen and oxygen atoms in total.